The predicted octanol–water partition coefficient (Wildman–Crippen LogP) is 2.90. The summed E-state index contributed by atoms with van der Waals surface area (Å²) in [7, 11) is 0. The molecule has 116 valence electrons. The molecule has 1 fully saturated rings. The molecule has 1 aromatic rings. The summed E-state index contributed by atoms with van der Waals surface area (Å²) in [5.41, 5.74) is 0.388. The molecule has 0 atom stereocenters. The molecule has 0 saturated carbocycles. The maximum absolute atomic E-state index is 12.7. The summed E-state index contributed by atoms with van der Waals surface area (Å²) in [5, 5.41) is 13.3. The molecule has 0 unspecified atom stereocenters. The Balaban J connectivity index is 2.12. The van der Waals surface area contributed by atoms with Crippen molar-refractivity contribution in [3.63, 3.8) is 0 Å². The summed E-state index contributed by atoms with van der Waals surface area (Å²) < 4.78 is 0. The van der Waals surface area contributed by atoms with Crippen molar-refractivity contribution in [2.24, 2.45) is 5.92 Å². The van der Waals surface area contributed by atoms with E-state index in [0.29, 0.717) is 16.5 Å². The molecular formula is C16H23ClN2O2. The molecule has 1 aromatic carbocycles. The van der Waals surface area contributed by atoms with Gasteiger partial charge in [0, 0.05) is 13.1 Å². The van der Waals surface area contributed by atoms with Crippen LogP contribution in [-0.4, -0.2) is 42.1 Å². The van der Waals surface area contributed by atoms with E-state index in [1.54, 1.807) is 6.07 Å². The van der Waals surface area contributed by atoms with Crippen molar-refractivity contribution in [2.45, 2.75) is 26.2 Å². The first-order valence-corrected chi connectivity index (χ1v) is 7.98. The molecule has 0 aliphatic carbocycles. The van der Waals surface area contributed by atoms with Crippen LogP contribution in [0.5, 0.6) is 5.75 Å². The van der Waals surface area contributed by atoms with Crippen molar-refractivity contribution < 1.29 is 9.90 Å². The van der Waals surface area contributed by atoms with Crippen LogP contribution in [0.25, 0.3) is 0 Å². The largest absolute Gasteiger partial charge is 0.508 e. The van der Waals surface area contributed by atoms with Gasteiger partial charge in [0.05, 0.1) is 10.6 Å². The number of nitrogens with one attached hydrogen (secondary N) is 1. The lowest BCUT2D eigenvalue weighted by atomic mass is 9.97. The Bertz CT molecular complexity index is 487. The lowest BCUT2D eigenvalue weighted by Gasteiger charge is -2.30. The molecule has 1 heterocycles. The topological polar surface area (TPSA) is 52.6 Å². The van der Waals surface area contributed by atoms with Gasteiger partial charge in [-0.3, -0.25) is 4.79 Å². The number of benzene rings is 1. The van der Waals surface area contributed by atoms with Gasteiger partial charge < -0.3 is 15.3 Å². The quantitative estimate of drug-likeness (QED) is 0.879. The first-order chi connectivity index (χ1) is 10.1. The SMILES string of the molecule is CCCN(CC1CCNCC1)C(=O)c1cc(O)ccc1Cl. The fourth-order valence-electron chi connectivity index (χ4n) is 2.77. The average Bonchev–Trinajstić information content (AvgIpc) is 2.49. The number of halogens is 1. The second-order valence-corrected chi connectivity index (χ2v) is 6.02. The standard InChI is InChI=1S/C16H23ClN2O2/c1-2-9-19(11-12-5-7-18-8-6-12)16(21)14-10-13(20)3-4-15(14)17/h3-4,10,12,18,20H,2,5-9,11H2,1H3. The van der Waals surface area contributed by atoms with Gasteiger partial charge in [-0.05, 0) is 56.5 Å². The number of carbonyl (C=O) groups excluding carboxylic acids is 1. The van der Waals surface area contributed by atoms with E-state index >= 15 is 0 Å². The molecule has 2 N–H and O–H groups in total. The van der Waals surface area contributed by atoms with Crippen molar-refractivity contribution in [1.29, 1.82) is 0 Å². The third-order valence-corrected chi connectivity index (χ3v) is 4.23. The number of amides is 1. The molecule has 1 aliphatic heterocycles. The third kappa shape index (κ3) is 4.35. The molecule has 1 saturated heterocycles. The monoisotopic (exact) mass is 310 g/mol. The van der Waals surface area contributed by atoms with Gasteiger partial charge in [0.15, 0.2) is 0 Å². The molecule has 21 heavy (non-hydrogen) atoms. The fourth-order valence-corrected chi connectivity index (χ4v) is 2.97. The van der Waals surface area contributed by atoms with Crippen LogP contribution in [0.4, 0.5) is 0 Å². The first kappa shape index (κ1) is 16.1. The van der Waals surface area contributed by atoms with Crippen molar-refractivity contribution >= 4 is 17.5 Å². The van der Waals surface area contributed by atoms with E-state index in [9.17, 15) is 9.90 Å². The van der Waals surface area contributed by atoms with Gasteiger partial charge in [-0.1, -0.05) is 18.5 Å². The van der Waals surface area contributed by atoms with Gasteiger partial charge in [-0.25, -0.2) is 0 Å². The van der Waals surface area contributed by atoms with Crippen LogP contribution in [-0.2, 0) is 0 Å². The third-order valence-electron chi connectivity index (χ3n) is 3.90. The second-order valence-electron chi connectivity index (χ2n) is 5.61. The Morgan fingerprint density at radius 3 is 2.81 bits per heavy atom. The molecule has 0 radical (unpaired) electrons. The molecular weight excluding hydrogens is 288 g/mol. The van der Waals surface area contributed by atoms with Gasteiger partial charge in [0.1, 0.15) is 5.75 Å². The number of phenols is 1. The fraction of sp³-hybridized carbons (Fsp3) is 0.562. The number of phenolic OH excluding ortho intramolecular Hbond substituents is 1. The number of rotatable bonds is 5. The Morgan fingerprint density at radius 1 is 1.43 bits per heavy atom. The lowest BCUT2D eigenvalue weighted by Crippen LogP contribution is -2.39. The molecule has 2 rings (SSSR count). The summed E-state index contributed by atoms with van der Waals surface area (Å²) >= 11 is 6.11. The number of nitrogens with zero attached hydrogens (tertiary/aromatic N) is 1. The highest BCUT2D eigenvalue weighted by Crippen LogP contribution is 2.24. The van der Waals surface area contributed by atoms with Crippen LogP contribution >= 0.6 is 11.6 Å². The summed E-state index contributed by atoms with van der Waals surface area (Å²) in [6, 6.07) is 4.52. The number of piperidine rings is 1. The zero-order valence-corrected chi connectivity index (χ0v) is 13.2. The van der Waals surface area contributed by atoms with Crippen LogP contribution in [0.2, 0.25) is 5.02 Å². The molecule has 4 nitrogen and oxygen atoms in total. The van der Waals surface area contributed by atoms with E-state index in [1.807, 2.05) is 4.90 Å². The molecule has 0 bridgehead atoms. The summed E-state index contributed by atoms with van der Waals surface area (Å²) in [5.74, 6) is 0.523. The minimum Gasteiger partial charge on any atom is -0.508 e. The molecule has 0 spiro atoms. The number of hydrogen-bond donors (Lipinski definition) is 2. The highest BCUT2D eigenvalue weighted by Gasteiger charge is 2.23. The van der Waals surface area contributed by atoms with E-state index in [1.165, 1.54) is 12.1 Å². The van der Waals surface area contributed by atoms with E-state index < -0.39 is 0 Å². The Hall–Kier alpha value is -1.26. The van der Waals surface area contributed by atoms with Crippen molar-refractivity contribution in [3.8, 4) is 5.75 Å². The van der Waals surface area contributed by atoms with Gasteiger partial charge in [0.2, 0.25) is 0 Å². The minimum atomic E-state index is -0.0868. The van der Waals surface area contributed by atoms with E-state index in [0.717, 1.165) is 45.4 Å². The Labute approximate surface area is 131 Å². The molecule has 1 aliphatic rings. The van der Waals surface area contributed by atoms with Crippen LogP contribution in [0, 0.1) is 5.92 Å². The van der Waals surface area contributed by atoms with Crippen molar-refractivity contribution in [3.05, 3.63) is 28.8 Å². The van der Waals surface area contributed by atoms with Crippen molar-refractivity contribution in [2.75, 3.05) is 26.2 Å². The van der Waals surface area contributed by atoms with Gasteiger partial charge >= 0.3 is 0 Å². The van der Waals surface area contributed by atoms with E-state index in [4.69, 9.17) is 11.6 Å². The van der Waals surface area contributed by atoms with Crippen LogP contribution in [0.15, 0.2) is 18.2 Å². The van der Waals surface area contributed by atoms with Gasteiger partial charge in [-0.2, -0.15) is 0 Å². The van der Waals surface area contributed by atoms with Crippen LogP contribution in [0.3, 0.4) is 0 Å². The number of aromatic hydroxyl groups is 1. The highest BCUT2D eigenvalue weighted by molar-refractivity contribution is 6.33. The maximum atomic E-state index is 12.7. The summed E-state index contributed by atoms with van der Waals surface area (Å²) in [6.45, 7) is 5.58. The summed E-state index contributed by atoms with van der Waals surface area (Å²) in [6.07, 6.45) is 3.11. The van der Waals surface area contributed by atoms with E-state index in [2.05, 4.69) is 12.2 Å². The van der Waals surface area contributed by atoms with Crippen LogP contribution < -0.4 is 5.32 Å². The zero-order chi connectivity index (χ0) is 15.2. The smallest absolute Gasteiger partial charge is 0.255 e. The number of hydrogen-bond acceptors (Lipinski definition) is 3. The normalized spacial score (nSPS) is 15.9. The maximum Gasteiger partial charge on any atom is 0.255 e. The summed E-state index contributed by atoms with van der Waals surface area (Å²) in [4.78, 5) is 14.6. The second kappa shape index (κ2) is 7.66. The van der Waals surface area contributed by atoms with Gasteiger partial charge in [0.25, 0.3) is 5.91 Å². The Kier molecular flexibility index (Phi) is 5.88. The lowest BCUT2D eigenvalue weighted by molar-refractivity contribution is 0.0716. The highest BCUT2D eigenvalue weighted by atomic mass is 35.5. The van der Waals surface area contributed by atoms with Gasteiger partial charge in [-0.15, -0.1) is 0 Å². The molecule has 5 heteroatoms. The predicted molar refractivity (Wildman–Crippen MR) is 84.9 cm³/mol. The minimum absolute atomic E-state index is 0.0704. The van der Waals surface area contributed by atoms with Crippen LogP contribution in [0.1, 0.15) is 36.5 Å². The average molecular weight is 311 g/mol. The van der Waals surface area contributed by atoms with Crippen molar-refractivity contribution in [1.82, 2.24) is 10.2 Å². The number of carbonyl (C=O) groups is 1. The zero-order valence-electron chi connectivity index (χ0n) is 12.4. The molecule has 0 aromatic heterocycles. The Morgan fingerprint density at radius 2 is 2.14 bits per heavy atom. The van der Waals surface area contributed by atoms with E-state index in [-0.39, 0.29) is 11.7 Å². The first-order valence-electron chi connectivity index (χ1n) is 7.60. The molecule has 1 amide bonds.